The number of nitrogens with zero attached hydrogens (tertiary/aromatic N) is 6. The summed E-state index contributed by atoms with van der Waals surface area (Å²) in [4.78, 5) is 32.1. The van der Waals surface area contributed by atoms with Crippen LogP contribution in [0, 0.1) is 5.41 Å². The molecule has 30 heavy (non-hydrogen) atoms. The first kappa shape index (κ1) is 23.0. The molecule has 1 aliphatic carbocycles. The van der Waals surface area contributed by atoms with E-state index in [-0.39, 0.29) is 29.9 Å². The van der Waals surface area contributed by atoms with Crippen LogP contribution in [0.4, 0.5) is 5.95 Å². The average Bonchev–Trinajstić information content (AvgIpc) is 3.41. The summed E-state index contributed by atoms with van der Waals surface area (Å²) in [6.07, 6.45) is 10.8. The molecule has 0 unspecified atom stereocenters. The van der Waals surface area contributed by atoms with E-state index < -0.39 is 0 Å². The van der Waals surface area contributed by atoms with Gasteiger partial charge in [0.1, 0.15) is 0 Å². The van der Waals surface area contributed by atoms with Crippen molar-refractivity contribution in [1.82, 2.24) is 25.1 Å². The van der Waals surface area contributed by atoms with Crippen molar-refractivity contribution in [3.63, 3.8) is 0 Å². The molecule has 0 bridgehead atoms. The lowest BCUT2D eigenvalue weighted by Crippen LogP contribution is -2.50. The Hall–Kier alpha value is -1.65. The molecule has 3 heterocycles. The van der Waals surface area contributed by atoms with Gasteiger partial charge in [0.25, 0.3) is 0 Å². The zero-order valence-electron chi connectivity index (χ0n) is 17.9. The van der Waals surface area contributed by atoms with Gasteiger partial charge in [-0.3, -0.25) is 9.79 Å². The second kappa shape index (κ2) is 10.6. The number of amides is 1. The minimum Gasteiger partial charge on any atom is -0.356 e. The van der Waals surface area contributed by atoms with Crippen LogP contribution in [0.25, 0.3) is 0 Å². The molecule has 1 saturated carbocycles. The average molecular weight is 527 g/mol. The van der Waals surface area contributed by atoms with E-state index in [1.807, 2.05) is 18.0 Å². The molecule has 9 heteroatoms. The Bertz CT molecular complexity index is 715. The van der Waals surface area contributed by atoms with Crippen LogP contribution < -0.4 is 10.2 Å². The van der Waals surface area contributed by atoms with Crippen LogP contribution in [0.1, 0.15) is 38.5 Å². The Morgan fingerprint density at radius 3 is 2.43 bits per heavy atom. The van der Waals surface area contributed by atoms with E-state index in [1.165, 1.54) is 32.1 Å². The summed E-state index contributed by atoms with van der Waals surface area (Å²) < 4.78 is 0. The Morgan fingerprint density at radius 2 is 1.77 bits per heavy atom. The third-order valence-electron chi connectivity index (χ3n) is 6.70. The standard InChI is InChI=1S/C21H33N7O.HI/c1-22-19(28-12-8-21(17-28)6-2-3-7-21)25-11-5-18(29)26-13-15-27(16-14-26)20-23-9-4-10-24-20;/h4,9-10H,2-3,5-8,11-17H2,1H3,(H,22,25);1H. The third kappa shape index (κ3) is 5.33. The summed E-state index contributed by atoms with van der Waals surface area (Å²) in [7, 11) is 1.84. The Kier molecular flexibility index (Phi) is 8.13. The summed E-state index contributed by atoms with van der Waals surface area (Å²) in [5, 5.41) is 3.42. The summed E-state index contributed by atoms with van der Waals surface area (Å²) in [6.45, 7) is 5.83. The quantitative estimate of drug-likeness (QED) is 0.367. The van der Waals surface area contributed by atoms with Crippen molar-refractivity contribution in [2.75, 3.05) is 57.8 Å². The highest BCUT2D eigenvalue weighted by Crippen LogP contribution is 2.45. The maximum atomic E-state index is 12.6. The van der Waals surface area contributed by atoms with Crippen LogP contribution >= 0.6 is 24.0 Å². The molecule has 0 radical (unpaired) electrons. The predicted molar refractivity (Wildman–Crippen MR) is 129 cm³/mol. The normalized spacial score (nSPS) is 21.1. The van der Waals surface area contributed by atoms with E-state index in [2.05, 4.69) is 30.1 Å². The highest BCUT2D eigenvalue weighted by atomic mass is 127. The first-order valence-electron chi connectivity index (χ1n) is 10.9. The molecule has 1 N–H and O–H groups in total. The number of piperazine rings is 1. The molecule has 3 fully saturated rings. The highest BCUT2D eigenvalue weighted by Gasteiger charge is 2.41. The fourth-order valence-corrected chi connectivity index (χ4v) is 5.03. The van der Waals surface area contributed by atoms with Gasteiger partial charge in [-0.15, -0.1) is 24.0 Å². The second-order valence-corrected chi connectivity index (χ2v) is 8.52. The number of hydrogen-bond donors (Lipinski definition) is 1. The van der Waals surface area contributed by atoms with Crippen molar-refractivity contribution in [2.24, 2.45) is 10.4 Å². The van der Waals surface area contributed by atoms with Crippen LogP contribution in [0.5, 0.6) is 0 Å². The van der Waals surface area contributed by atoms with Gasteiger partial charge in [0, 0.05) is 71.7 Å². The number of carbonyl (C=O) groups excluding carboxylic acids is 1. The van der Waals surface area contributed by atoms with Gasteiger partial charge in [0.2, 0.25) is 11.9 Å². The number of anilines is 1. The zero-order chi connectivity index (χ0) is 20.1. The largest absolute Gasteiger partial charge is 0.356 e. The molecule has 0 atom stereocenters. The maximum Gasteiger partial charge on any atom is 0.225 e. The van der Waals surface area contributed by atoms with Gasteiger partial charge in [0.15, 0.2) is 5.96 Å². The number of aliphatic imine (C=N–C) groups is 1. The molecule has 1 aromatic heterocycles. The lowest BCUT2D eigenvalue weighted by Gasteiger charge is -2.34. The van der Waals surface area contributed by atoms with Gasteiger partial charge >= 0.3 is 0 Å². The Balaban J connectivity index is 0.00000256. The van der Waals surface area contributed by atoms with Gasteiger partial charge in [-0.2, -0.15) is 0 Å². The number of halogens is 1. The molecule has 1 aromatic rings. The predicted octanol–water partition coefficient (Wildman–Crippen LogP) is 1.97. The number of carbonyl (C=O) groups is 1. The number of guanidine groups is 1. The molecule has 1 amide bonds. The second-order valence-electron chi connectivity index (χ2n) is 8.52. The molecular weight excluding hydrogens is 493 g/mol. The van der Waals surface area contributed by atoms with Gasteiger partial charge in [-0.05, 0) is 30.7 Å². The number of likely N-dealkylation sites (tertiary alicyclic amines) is 1. The zero-order valence-corrected chi connectivity index (χ0v) is 20.3. The molecule has 3 aliphatic rings. The van der Waals surface area contributed by atoms with Crippen molar-refractivity contribution < 1.29 is 4.79 Å². The third-order valence-corrected chi connectivity index (χ3v) is 6.70. The van der Waals surface area contributed by atoms with E-state index >= 15 is 0 Å². The number of nitrogens with one attached hydrogen (secondary N) is 1. The number of hydrogen-bond acceptors (Lipinski definition) is 5. The molecule has 4 rings (SSSR count). The lowest BCUT2D eigenvalue weighted by molar-refractivity contribution is -0.131. The Labute approximate surface area is 196 Å². The maximum absolute atomic E-state index is 12.6. The van der Waals surface area contributed by atoms with Crippen LogP contribution in [-0.4, -0.2) is 84.5 Å². The molecular formula is C21H34IN7O. The van der Waals surface area contributed by atoms with Gasteiger partial charge in [-0.25, -0.2) is 9.97 Å². The minimum atomic E-state index is 0. The molecule has 8 nitrogen and oxygen atoms in total. The van der Waals surface area contributed by atoms with Crippen molar-refractivity contribution in [3.05, 3.63) is 18.5 Å². The van der Waals surface area contributed by atoms with E-state index in [0.717, 1.165) is 51.2 Å². The van der Waals surface area contributed by atoms with E-state index in [0.29, 0.717) is 18.4 Å². The summed E-state index contributed by atoms with van der Waals surface area (Å²) in [5.74, 6) is 1.90. The first-order chi connectivity index (χ1) is 14.2. The van der Waals surface area contributed by atoms with Crippen LogP contribution in [0.15, 0.2) is 23.5 Å². The van der Waals surface area contributed by atoms with Crippen molar-refractivity contribution in [1.29, 1.82) is 0 Å². The lowest BCUT2D eigenvalue weighted by atomic mass is 9.86. The van der Waals surface area contributed by atoms with Crippen LogP contribution in [0.3, 0.4) is 0 Å². The number of aromatic nitrogens is 2. The van der Waals surface area contributed by atoms with E-state index in [9.17, 15) is 4.79 Å². The summed E-state index contributed by atoms with van der Waals surface area (Å²) in [5.41, 5.74) is 0.523. The Morgan fingerprint density at radius 1 is 1.07 bits per heavy atom. The minimum absolute atomic E-state index is 0. The molecule has 166 valence electrons. The van der Waals surface area contributed by atoms with Gasteiger partial charge in [0.05, 0.1) is 0 Å². The monoisotopic (exact) mass is 527 g/mol. The molecule has 0 aromatic carbocycles. The first-order valence-corrected chi connectivity index (χ1v) is 10.9. The fourth-order valence-electron chi connectivity index (χ4n) is 5.03. The van der Waals surface area contributed by atoms with Crippen molar-refractivity contribution in [2.45, 2.75) is 38.5 Å². The summed E-state index contributed by atoms with van der Waals surface area (Å²) >= 11 is 0. The smallest absolute Gasteiger partial charge is 0.225 e. The number of rotatable bonds is 4. The fraction of sp³-hybridized carbons (Fsp3) is 0.714. The van der Waals surface area contributed by atoms with Crippen LogP contribution in [0.2, 0.25) is 0 Å². The van der Waals surface area contributed by atoms with Gasteiger partial charge in [-0.1, -0.05) is 12.8 Å². The summed E-state index contributed by atoms with van der Waals surface area (Å²) in [6, 6.07) is 1.82. The van der Waals surface area contributed by atoms with E-state index in [4.69, 9.17) is 0 Å². The SMILES string of the molecule is CN=C(NCCC(=O)N1CCN(c2ncccn2)CC1)N1CCC2(CCCC2)C1.I. The highest BCUT2D eigenvalue weighted by molar-refractivity contribution is 14.0. The van der Waals surface area contributed by atoms with Crippen LogP contribution in [-0.2, 0) is 4.79 Å². The molecule has 2 saturated heterocycles. The van der Waals surface area contributed by atoms with Crippen molar-refractivity contribution >= 4 is 41.8 Å². The van der Waals surface area contributed by atoms with Gasteiger partial charge < -0.3 is 20.0 Å². The topological polar surface area (TPSA) is 77.0 Å². The molecule has 1 spiro atoms. The molecule has 2 aliphatic heterocycles. The van der Waals surface area contributed by atoms with E-state index in [1.54, 1.807) is 12.4 Å². The van der Waals surface area contributed by atoms with Crippen molar-refractivity contribution in [3.8, 4) is 0 Å².